The first-order valence-electron chi connectivity index (χ1n) is 18.1. The molecule has 1 N–H and O–H groups in total. The molecule has 0 radical (unpaired) electrons. The fourth-order valence-corrected chi connectivity index (χ4v) is 8.18. The van der Waals surface area contributed by atoms with Crippen molar-refractivity contribution in [2.45, 2.75) is 65.7 Å². The molecule has 2 heteroatoms. The molecule has 2 aromatic heterocycles. The Hall–Kier alpha value is -5.34. The quantitative estimate of drug-likeness (QED) is 0.158. The summed E-state index contributed by atoms with van der Waals surface area (Å²) < 4.78 is 2.43. The van der Waals surface area contributed by atoms with E-state index < -0.39 is 0 Å². The van der Waals surface area contributed by atoms with E-state index in [0.717, 1.165) is 12.8 Å². The topological polar surface area (TPSA) is 20.7 Å². The van der Waals surface area contributed by atoms with Crippen molar-refractivity contribution in [1.82, 2.24) is 9.55 Å². The van der Waals surface area contributed by atoms with Crippen LogP contribution in [0.1, 0.15) is 80.3 Å². The number of aryl methyl sites for hydroxylation is 1. The number of H-pyrrole nitrogens is 1. The Balaban J connectivity index is 1.09. The van der Waals surface area contributed by atoms with Gasteiger partial charge in [0.15, 0.2) is 0 Å². The first-order chi connectivity index (χ1) is 24.3. The van der Waals surface area contributed by atoms with Gasteiger partial charge in [-0.25, -0.2) is 0 Å². The molecule has 2 nitrogen and oxygen atoms in total. The molecular weight excluding hydrogens is 605 g/mol. The summed E-state index contributed by atoms with van der Waals surface area (Å²) in [5.74, 6) is 0.516. The second-order valence-electron chi connectivity index (χ2n) is 14.7. The number of nitrogens with zero attached hydrogens (tertiary/aromatic N) is 1. The van der Waals surface area contributed by atoms with Gasteiger partial charge < -0.3 is 9.55 Å². The van der Waals surface area contributed by atoms with Crippen molar-refractivity contribution in [1.29, 1.82) is 0 Å². The number of para-hydroxylation sites is 1. The van der Waals surface area contributed by atoms with Crippen molar-refractivity contribution in [3.63, 3.8) is 0 Å². The van der Waals surface area contributed by atoms with Crippen LogP contribution in [0, 0.1) is 6.92 Å². The molecule has 1 aliphatic rings. The zero-order chi connectivity index (χ0) is 34.6. The van der Waals surface area contributed by atoms with Crippen molar-refractivity contribution in [3.05, 3.63) is 167 Å². The summed E-state index contributed by atoms with van der Waals surface area (Å²) in [7, 11) is 0. The Morgan fingerprint density at radius 2 is 1.58 bits per heavy atom. The Labute approximate surface area is 296 Å². The van der Waals surface area contributed by atoms with Crippen LogP contribution < -0.4 is 0 Å². The molecule has 0 saturated carbocycles. The third-order valence-corrected chi connectivity index (χ3v) is 11.3. The molecule has 0 spiro atoms. The zero-order valence-corrected chi connectivity index (χ0v) is 30.1. The van der Waals surface area contributed by atoms with E-state index >= 15 is 0 Å². The molecule has 248 valence electrons. The second-order valence-corrected chi connectivity index (χ2v) is 14.7. The maximum Gasteiger partial charge on any atom is 0.0541 e. The van der Waals surface area contributed by atoms with Crippen molar-refractivity contribution >= 4 is 27.4 Å². The lowest BCUT2D eigenvalue weighted by Gasteiger charge is -2.20. The molecule has 8 rings (SSSR count). The Morgan fingerprint density at radius 3 is 2.42 bits per heavy atom. The van der Waals surface area contributed by atoms with Crippen LogP contribution in [0.4, 0.5) is 0 Å². The smallest absolute Gasteiger partial charge is 0.0541 e. The minimum Gasteiger partial charge on any atom is -0.361 e. The lowest BCUT2D eigenvalue weighted by Crippen LogP contribution is -2.14. The Bertz CT molecular complexity index is 2460. The Morgan fingerprint density at radius 1 is 0.780 bits per heavy atom. The molecule has 0 fully saturated rings. The van der Waals surface area contributed by atoms with Gasteiger partial charge >= 0.3 is 0 Å². The Kier molecular flexibility index (Phi) is 7.99. The number of benzene rings is 5. The largest absolute Gasteiger partial charge is 0.361 e. The molecule has 1 aliphatic carbocycles. The number of rotatable bonds is 8. The molecule has 50 heavy (non-hydrogen) atoms. The minimum atomic E-state index is 0.00235. The molecule has 1 atom stereocenters. The van der Waals surface area contributed by atoms with Crippen LogP contribution in [-0.4, -0.2) is 9.55 Å². The van der Waals surface area contributed by atoms with Crippen molar-refractivity contribution in [2.24, 2.45) is 0 Å². The van der Waals surface area contributed by atoms with Crippen molar-refractivity contribution in [2.75, 3.05) is 0 Å². The fourth-order valence-electron chi connectivity index (χ4n) is 8.18. The first kappa shape index (κ1) is 31.9. The summed E-state index contributed by atoms with van der Waals surface area (Å²) in [6.07, 6.45) is 10.8. The van der Waals surface area contributed by atoms with Gasteiger partial charge in [0.1, 0.15) is 0 Å². The summed E-state index contributed by atoms with van der Waals surface area (Å²) in [6.45, 7) is 13.7. The SMILES string of the molecule is CCC(C)c1ccc(/C(C)=C/C=C\Cc2ccc3c(c2)c2ccccc2n3-c2ccc3c(c2)-c2[nH]ccc2C3(C)C)cc1-c1ccccc1C. The molecule has 0 saturated heterocycles. The summed E-state index contributed by atoms with van der Waals surface area (Å²) >= 11 is 0. The van der Waals surface area contributed by atoms with E-state index in [1.54, 1.807) is 0 Å². The normalized spacial score (nSPS) is 14.5. The van der Waals surface area contributed by atoms with Gasteiger partial charge in [-0.05, 0) is 125 Å². The number of aromatic nitrogens is 2. The summed E-state index contributed by atoms with van der Waals surface area (Å²) in [5, 5.41) is 2.58. The van der Waals surface area contributed by atoms with Crippen LogP contribution in [-0.2, 0) is 11.8 Å². The lowest BCUT2D eigenvalue weighted by molar-refractivity contribution is 0.661. The molecule has 1 unspecified atom stereocenters. The molecule has 0 bridgehead atoms. The van der Waals surface area contributed by atoms with E-state index in [0.29, 0.717) is 5.92 Å². The molecule has 5 aromatic carbocycles. The van der Waals surface area contributed by atoms with Gasteiger partial charge in [0.05, 0.1) is 11.0 Å². The van der Waals surface area contributed by atoms with E-state index in [1.165, 1.54) is 88.8 Å². The lowest BCUT2D eigenvalue weighted by atomic mass is 9.83. The highest BCUT2D eigenvalue weighted by Gasteiger charge is 2.36. The van der Waals surface area contributed by atoms with Crippen molar-refractivity contribution in [3.8, 4) is 28.1 Å². The highest BCUT2D eigenvalue weighted by molar-refractivity contribution is 6.09. The molecule has 0 amide bonds. The van der Waals surface area contributed by atoms with Gasteiger partial charge in [0.2, 0.25) is 0 Å². The maximum absolute atomic E-state index is 3.52. The summed E-state index contributed by atoms with van der Waals surface area (Å²) in [5.41, 5.74) is 18.3. The average Bonchev–Trinajstić information content (AvgIpc) is 3.82. The first-order valence-corrected chi connectivity index (χ1v) is 18.1. The number of allylic oxidation sites excluding steroid dienone is 4. The molecule has 2 heterocycles. The second kappa shape index (κ2) is 12.5. The van der Waals surface area contributed by atoms with Gasteiger partial charge in [-0.15, -0.1) is 0 Å². The van der Waals surface area contributed by atoms with E-state index in [4.69, 9.17) is 0 Å². The van der Waals surface area contributed by atoms with E-state index in [1.807, 2.05) is 0 Å². The molecular formula is C48H46N2. The number of nitrogens with one attached hydrogen (secondary N) is 1. The van der Waals surface area contributed by atoms with E-state index in [2.05, 4.69) is 185 Å². The zero-order valence-electron chi connectivity index (χ0n) is 30.1. The predicted molar refractivity (Wildman–Crippen MR) is 215 cm³/mol. The van der Waals surface area contributed by atoms with E-state index in [9.17, 15) is 0 Å². The van der Waals surface area contributed by atoms with Crippen molar-refractivity contribution < 1.29 is 0 Å². The van der Waals surface area contributed by atoms with Crippen LogP contribution in [0.5, 0.6) is 0 Å². The van der Waals surface area contributed by atoms with Gasteiger partial charge in [0.25, 0.3) is 0 Å². The number of fused-ring (bicyclic) bond motifs is 6. The van der Waals surface area contributed by atoms with Crippen LogP contribution in [0.2, 0.25) is 0 Å². The third kappa shape index (κ3) is 5.26. The standard InChI is InChI=1S/C48H46N2/c1-7-31(2)38-23-21-35(29-40(38)37-17-11-9-15-33(37)4)32(3)14-8-10-16-34-20-25-46-41(28-34)39-18-12-13-19-45(39)50(46)36-22-24-43-42(30-36)47-44(26-27-49-47)48(43,5)6/h8-15,17-31,49H,7,16H2,1-6H3/b10-8-,32-14+. The molecule has 0 aliphatic heterocycles. The fraction of sp³-hybridized carbons (Fsp3) is 0.208. The predicted octanol–water partition coefficient (Wildman–Crippen LogP) is 13.1. The third-order valence-electron chi connectivity index (χ3n) is 11.3. The van der Waals surface area contributed by atoms with Gasteiger partial charge in [-0.3, -0.25) is 0 Å². The van der Waals surface area contributed by atoms with Crippen LogP contribution in [0.3, 0.4) is 0 Å². The number of hydrogen-bond donors (Lipinski definition) is 1. The molecule has 7 aromatic rings. The van der Waals surface area contributed by atoms with E-state index in [-0.39, 0.29) is 5.41 Å². The van der Waals surface area contributed by atoms with Gasteiger partial charge in [-0.1, -0.05) is 113 Å². The summed E-state index contributed by atoms with van der Waals surface area (Å²) in [6, 6.07) is 40.8. The van der Waals surface area contributed by atoms with Crippen LogP contribution >= 0.6 is 0 Å². The number of hydrogen-bond acceptors (Lipinski definition) is 0. The van der Waals surface area contributed by atoms with Crippen LogP contribution in [0.15, 0.2) is 134 Å². The van der Waals surface area contributed by atoms with Gasteiger partial charge in [0, 0.05) is 39.3 Å². The van der Waals surface area contributed by atoms with Gasteiger partial charge in [-0.2, -0.15) is 0 Å². The maximum atomic E-state index is 3.52. The highest BCUT2D eigenvalue weighted by Crippen LogP contribution is 2.49. The average molecular weight is 651 g/mol. The monoisotopic (exact) mass is 650 g/mol. The minimum absolute atomic E-state index is 0.00235. The van der Waals surface area contributed by atoms with Crippen LogP contribution in [0.25, 0.3) is 55.5 Å². The number of aromatic amines is 1. The summed E-state index contributed by atoms with van der Waals surface area (Å²) in [4.78, 5) is 3.52. The highest BCUT2D eigenvalue weighted by atomic mass is 15.0.